The zero-order valence-electron chi connectivity index (χ0n) is 12.2. The third-order valence-corrected chi connectivity index (χ3v) is 3.94. The first kappa shape index (κ1) is 15.5. The molecule has 1 aromatic heterocycles. The summed E-state index contributed by atoms with van der Waals surface area (Å²) in [7, 11) is 0. The first-order valence-electron chi connectivity index (χ1n) is 7.33. The molecule has 2 rings (SSSR count). The number of carbonyl (C=O) groups is 2. The van der Waals surface area contributed by atoms with Crippen LogP contribution in [0.3, 0.4) is 0 Å². The van der Waals surface area contributed by atoms with E-state index in [0.29, 0.717) is 5.69 Å². The molecule has 21 heavy (non-hydrogen) atoms. The molecule has 7 heteroatoms. The van der Waals surface area contributed by atoms with E-state index in [2.05, 4.69) is 20.6 Å². The highest BCUT2D eigenvalue weighted by atomic mass is 16.4. The largest absolute Gasteiger partial charge is 0.480 e. The number of H-pyrrole nitrogens is 1. The van der Waals surface area contributed by atoms with Crippen molar-refractivity contribution in [3.8, 4) is 0 Å². The lowest BCUT2D eigenvalue weighted by Gasteiger charge is -2.29. The number of aliphatic carboxylic acids is 1. The highest BCUT2D eigenvalue weighted by Crippen LogP contribution is 2.25. The Labute approximate surface area is 123 Å². The molecule has 0 radical (unpaired) electrons. The molecule has 7 nitrogen and oxygen atoms in total. The number of hydrogen-bond donors (Lipinski definition) is 4. The van der Waals surface area contributed by atoms with Crippen molar-refractivity contribution in [3.63, 3.8) is 0 Å². The molecular weight excluding hydrogens is 272 g/mol. The standard InChI is InChI=1S/C14H22N4O3/c1-2-4-14(5-3-6-17-14)13(21)18-11(12(19)20)7-10-8-15-9-16-10/h8-9,11,17H,2-7H2,1H3,(H,15,16)(H,18,21)(H,19,20)/t11-,14?/m0/s1. The third-order valence-electron chi connectivity index (χ3n) is 3.94. The van der Waals surface area contributed by atoms with Gasteiger partial charge in [0.2, 0.25) is 5.91 Å². The highest BCUT2D eigenvalue weighted by molar-refractivity contribution is 5.90. The van der Waals surface area contributed by atoms with E-state index in [1.54, 1.807) is 6.20 Å². The van der Waals surface area contributed by atoms with Gasteiger partial charge in [0.05, 0.1) is 11.9 Å². The monoisotopic (exact) mass is 294 g/mol. The van der Waals surface area contributed by atoms with Crippen molar-refractivity contribution in [3.05, 3.63) is 18.2 Å². The van der Waals surface area contributed by atoms with Crippen molar-refractivity contribution >= 4 is 11.9 Å². The molecular formula is C14H22N4O3. The minimum atomic E-state index is -1.04. The van der Waals surface area contributed by atoms with Gasteiger partial charge in [0.25, 0.3) is 0 Å². The van der Waals surface area contributed by atoms with Crippen LogP contribution < -0.4 is 10.6 Å². The first-order valence-corrected chi connectivity index (χ1v) is 7.33. The maximum absolute atomic E-state index is 12.5. The lowest BCUT2D eigenvalue weighted by molar-refractivity contribution is -0.143. The Kier molecular flexibility index (Phi) is 4.95. The average Bonchev–Trinajstić information content (AvgIpc) is 3.10. The normalized spacial score (nSPS) is 22.9. The Hall–Kier alpha value is -1.89. The van der Waals surface area contributed by atoms with Gasteiger partial charge in [-0.1, -0.05) is 13.3 Å². The van der Waals surface area contributed by atoms with E-state index in [4.69, 9.17) is 0 Å². The SMILES string of the molecule is CCCC1(C(=O)N[C@@H](Cc2cnc[nH]2)C(=O)O)CCCN1. The summed E-state index contributed by atoms with van der Waals surface area (Å²) in [6.07, 6.45) is 6.54. The summed E-state index contributed by atoms with van der Waals surface area (Å²) in [6.45, 7) is 2.82. The maximum Gasteiger partial charge on any atom is 0.326 e. The molecule has 1 aromatic rings. The zero-order chi connectivity index (χ0) is 15.3. The fraction of sp³-hybridized carbons (Fsp3) is 0.643. The first-order chi connectivity index (χ1) is 10.1. The van der Waals surface area contributed by atoms with Crippen molar-refractivity contribution < 1.29 is 14.7 Å². The second kappa shape index (κ2) is 6.71. The number of carboxylic acids is 1. The van der Waals surface area contributed by atoms with Gasteiger partial charge in [0.15, 0.2) is 0 Å². The highest BCUT2D eigenvalue weighted by Gasteiger charge is 2.41. The Morgan fingerprint density at radius 3 is 2.90 bits per heavy atom. The minimum absolute atomic E-state index is 0.198. The quantitative estimate of drug-likeness (QED) is 0.584. The van der Waals surface area contributed by atoms with Crippen molar-refractivity contribution in [2.45, 2.75) is 50.6 Å². The summed E-state index contributed by atoms with van der Waals surface area (Å²) < 4.78 is 0. The van der Waals surface area contributed by atoms with Gasteiger partial charge in [-0.25, -0.2) is 9.78 Å². The van der Waals surface area contributed by atoms with Crippen LogP contribution in [0.2, 0.25) is 0 Å². The maximum atomic E-state index is 12.5. The van der Waals surface area contributed by atoms with Gasteiger partial charge >= 0.3 is 5.97 Å². The molecule has 0 bridgehead atoms. The fourth-order valence-corrected chi connectivity index (χ4v) is 2.87. The van der Waals surface area contributed by atoms with Gasteiger partial charge in [-0.2, -0.15) is 0 Å². The fourth-order valence-electron chi connectivity index (χ4n) is 2.87. The molecule has 2 heterocycles. The molecule has 1 aliphatic heterocycles. The number of nitrogens with zero attached hydrogens (tertiary/aromatic N) is 1. The van der Waals surface area contributed by atoms with Crippen LogP contribution in [-0.4, -0.2) is 45.1 Å². The molecule has 0 aromatic carbocycles. The summed E-state index contributed by atoms with van der Waals surface area (Å²) in [5.74, 6) is -1.25. The number of imidazole rings is 1. The number of amides is 1. The van der Waals surface area contributed by atoms with Crippen LogP contribution >= 0.6 is 0 Å². The van der Waals surface area contributed by atoms with Crippen LogP contribution in [0.1, 0.15) is 38.3 Å². The van der Waals surface area contributed by atoms with Crippen LogP contribution in [0.5, 0.6) is 0 Å². The van der Waals surface area contributed by atoms with E-state index in [1.165, 1.54) is 6.33 Å². The molecule has 4 N–H and O–H groups in total. The van der Waals surface area contributed by atoms with E-state index >= 15 is 0 Å². The Morgan fingerprint density at radius 2 is 2.38 bits per heavy atom. The number of aromatic nitrogens is 2. The average molecular weight is 294 g/mol. The molecule has 0 aliphatic carbocycles. The molecule has 1 saturated heterocycles. The van der Waals surface area contributed by atoms with Gasteiger partial charge in [0.1, 0.15) is 6.04 Å². The smallest absolute Gasteiger partial charge is 0.326 e. The van der Waals surface area contributed by atoms with Crippen LogP contribution in [0.15, 0.2) is 12.5 Å². The molecule has 0 spiro atoms. The van der Waals surface area contributed by atoms with E-state index in [-0.39, 0.29) is 12.3 Å². The van der Waals surface area contributed by atoms with Crippen molar-refractivity contribution in [1.29, 1.82) is 0 Å². The van der Waals surface area contributed by atoms with Crippen molar-refractivity contribution in [2.75, 3.05) is 6.54 Å². The van der Waals surface area contributed by atoms with Crippen LogP contribution in [0.25, 0.3) is 0 Å². The molecule has 116 valence electrons. The summed E-state index contributed by atoms with van der Waals surface area (Å²) in [4.78, 5) is 30.6. The number of aromatic amines is 1. The van der Waals surface area contributed by atoms with E-state index in [9.17, 15) is 14.7 Å². The van der Waals surface area contributed by atoms with Crippen LogP contribution in [0, 0.1) is 0 Å². The predicted molar refractivity (Wildman–Crippen MR) is 76.7 cm³/mol. The van der Waals surface area contributed by atoms with Gasteiger partial charge in [-0.05, 0) is 25.8 Å². The zero-order valence-corrected chi connectivity index (χ0v) is 12.2. The summed E-state index contributed by atoms with van der Waals surface area (Å²) >= 11 is 0. The number of hydrogen-bond acceptors (Lipinski definition) is 4. The molecule has 1 unspecified atom stereocenters. The van der Waals surface area contributed by atoms with Gasteiger partial charge in [0, 0.05) is 18.3 Å². The third kappa shape index (κ3) is 3.60. The van der Waals surface area contributed by atoms with Crippen molar-refractivity contribution in [2.24, 2.45) is 0 Å². The van der Waals surface area contributed by atoms with Crippen molar-refractivity contribution in [1.82, 2.24) is 20.6 Å². The minimum Gasteiger partial charge on any atom is -0.480 e. The summed E-state index contributed by atoms with van der Waals surface area (Å²) in [5, 5.41) is 15.2. The number of nitrogens with one attached hydrogen (secondary N) is 3. The Bertz CT molecular complexity index is 480. The predicted octanol–water partition coefficient (Wildman–Crippen LogP) is 0.444. The van der Waals surface area contributed by atoms with E-state index in [1.807, 2.05) is 6.92 Å². The topological polar surface area (TPSA) is 107 Å². The van der Waals surface area contributed by atoms with Crippen LogP contribution in [0.4, 0.5) is 0 Å². The second-order valence-corrected chi connectivity index (χ2v) is 5.51. The number of carbonyl (C=O) groups excluding carboxylic acids is 1. The van der Waals surface area contributed by atoms with Gasteiger partial charge in [-0.15, -0.1) is 0 Å². The molecule has 0 saturated carbocycles. The lowest BCUT2D eigenvalue weighted by atomic mass is 9.90. The Morgan fingerprint density at radius 1 is 1.57 bits per heavy atom. The van der Waals surface area contributed by atoms with Crippen LogP contribution in [-0.2, 0) is 16.0 Å². The second-order valence-electron chi connectivity index (χ2n) is 5.51. The summed E-state index contributed by atoms with van der Waals surface area (Å²) in [5.41, 5.74) is 0.0720. The molecule has 1 fully saturated rings. The van der Waals surface area contributed by atoms with E-state index < -0.39 is 17.6 Å². The van der Waals surface area contributed by atoms with Gasteiger partial charge in [-0.3, -0.25) is 4.79 Å². The molecule has 1 aliphatic rings. The van der Waals surface area contributed by atoms with E-state index in [0.717, 1.165) is 32.2 Å². The molecule has 1 amide bonds. The number of rotatable bonds is 7. The van der Waals surface area contributed by atoms with Gasteiger partial charge < -0.3 is 20.7 Å². The summed E-state index contributed by atoms with van der Waals surface area (Å²) in [6, 6.07) is -0.950. The molecule has 2 atom stereocenters. The number of carboxylic acid groups (broad SMARTS) is 1. The lowest BCUT2D eigenvalue weighted by Crippen LogP contribution is -2.57. The Balaban J connectivity index is 2.05.